The van der Waals surface area contributed by atoms with Crippen molar-refractivity contribution in [2.75, 3.05) is 33.1 Å². The predicted molar refractivity (Wildman–Crippen MR) is 130 cm³/mol. The number of aromatic nitrogens is 1. The van der Waals surface area contributed by atoms with Gasteiger partial charge in [-0.1, -0.05) is 0 Å². The average Bonchev–Trinajstić information content (AvgIpc) is 3.35. The third kappa shape index (κ3) is 3.33. The van der Waals surface area contributed by atoms with Crippen LogP contribution in [-0.4, -0.2) is 83.9 Å². The van der Waals surface area contributed by atoms with E-state index >= 15 is 0 Å². The van der Waals surface area contributed by atoms with Gasteiger partial charge in [0.15, 0.2) is 34.7 Å². The number of carbonyl (C=O) groups excluding carboxylic acids is 5. The van der Waals surface area contributed by atoms with E-state index < -0.39 is 64.4 Å². The molecule has 194 valence electrons. The number of hydrogen-bond donors (Lipinski definition) is 2. The number of carbonyl (C=O) groups is 5. The molecule has 6 atom stereocenters. The molecule has 2 aromatic rings. The second kappa shape index (κ2) is 8.42. The van der Waals surface area contributed by atoms with Crippen molar-refractivity contribution in [2.24, 2.45) is 29.4 Å². The Morgan fingerprint density at radius 2 is 1.84 bits per heavy atom. The lowest BCUT2D eigenvalue weighted by Crippen LogP contribution is -2.74. The van der Waals surface area contributed by atoms with Gasteiger partial charge in [0.2, 0.25) is 11.8 Å². The highest BCUT2D eigenvalue weighted by atomic mass is 16.3. The zero-order valence-corrected chi connectivity index (χ0v) is 20.9. The third-order valence-electron chi connectivity index (χ3n) is 8.09. The molecule has 0 bridgehead atoms. The van der Waals surface area contributed by atoms with Crippen LogP contribution in [0.15, 0.2) is 29.0 Å². The van der Waals surface area contributed by atoms with Crippen molar-refractivity contribution in [1.82, 2.24) is 9.88 Å². The number of fused-ring (bicyclic) bond motifs is 3. The SMILES string of the molecule is CN(C)c1ccc(-c2ncco2)c2c1C[C@H]1C[C@H]3[C@H](N(C)C)C(=O)C(C(N)=O)C(=O)[C@@]3(O)C(=O)C1C2=O. The maximum atomic E-state index is 14.1. The van der Waals surface area contributed by atoms with E-state index in [2.05, 4.69) is 4.98 Å². The van der Waals surface area contributed by atoms with Crippen molar-refractivity contribution in [3.8, 4) is 11.5 Å². The molecule has 11 heteroatoms. The fourth-order valence-electron chi connectivity index (χ4n) is 6.56. The average molecular weight is 509 g/mol. The normalized spacial score (nSPS) is 31.1. The van der Waals surface area contributed by atoms with E-state index in [1.165, 1.54) is 17.4 Å². The molecule has 2 unspecified atom stereocenters. The van der Waals surface area contributed by atoms with Crippen LogP contribution in [0, 0.1) is 23.7 Å². The minimum absolute atomic E-state index is 0.0555. The van der Waals surface area contributed by atoms with E-state index in [9.17, 15) is 29.1 Å². The van der Waals surface area contributed by atoms with Crippen LogP contribution in [0.4, 0.5) is 5.69 Å². The molecular weight excluding hydrogens is 480 g/mol. The number of nitrogens with zero attached hydrogens (tertiary/aromatic N) is 3. The Labute approximate surface area is 212 Å². The molecule has 5 rings (SSSR count). The van der Waals surface area contributed by atoms with Gasteiger partial charge in [0.1, 0.15) is 6.26 Å². The number of hydrogen-bond acceptors (Lipinski definition) is 10. The minimum atomic E-state index is -2.70. The Bertz CT molecular complexity index is 1350. The summed E-state index contributed by atoms with van der Waals surface area (Å²) < 4.78 is 5.45. The standard InChI is InChI=1S/C26H28N4O7/c1-29(2)15-6-5-12(25-28-7-8-37-25)17-13(15)9-11-10-14-19(30(3)4)21(32)18(24(27)35)23(34)26(14,36)22(33)16(11)20(17)31/h5-8,11,14,16,18-19,36H,9-10H2,1-4H3,(H2,27,35)/t11-,14-,16?,18?,19-,26-/m0/s1. The molecule has 3 aliphatic rings. The number of Topliss-reactive ketones (excluding diaryl/α,β-unsaturated/α-hetero) is 4. The van der Waals surface area contributed by atoms with E-state index in [4.69, 9.17) is 10.2 Å². The minimum Gasteiger partial charge on any atom is -0.445 e. The maximum Gasteiger partial charge on any atom is 0.235 e. The Morgan fingerprint density at radius 3 is 2.41 bits per heavy atom. The van der Waals surface area contributed by atoms with E-state index in [1.54, 1.807) is 20.2 Å². The fraction of sp³-hybridized carbons (Fsp3) is 0.462. The fourth-order valence-corrected chi connectivity index (χ4v) is 6.56. The summed E-state index contributed by atoms with van der Waals surface area (Å²) in [5, 5.41) is 11.7. The summed E-state index contributed by atoms with van der Waals surface area (Å²) in [5.74, 6) is -9.56. The molecule has 0 aliphatic heterocycles. The quantitative estimate of drug-likeness (QED) is 0.532. The molecule has 0 spiro atoms. The van der Waals surface area contributed by atoms with Gasteiger partial charge in [-0.25, -0.2) is 4.98 Å². The van der Waals surface area contributed by atoms with Crippen LogP contribution < -0.4 is 10.6 Å². The Hall–Kier alpha value is -3.70. The van der Waals surface area contributed by atoms with Crippen LogP contribution in [-0.2, 0) is 25.6 Å². The van der Waals surface area contributed by atoms with Crippen LogP contribution in [0.5, 0.6) is 0 Å². The highest BCUT2D eigenvalue weighted by Gasteiger charge is 2.69. The highest BCUT2D eigenvalue weighted by Crippen LogP contribution is 2.51. The number of likely N-dealkylation sites (N-methyl/N-ethyl adjacent to an activating group) is 1. The molecule has 1 amide bonds. The summed E-state index contributed by atoms with van der Waals surface area (Å²) in [7, 11) is 6.82. The molecule has 0 radical (unpaired) electrons. The first-order valence-electron chi connectivity index (χ1n) is 12.0. The van der Waals surface area contributed by atoms with E-state index in [0.717, 1.165) is 5.69 Å². The molecule has 11 nitrogen and oxygen atoms in total. The summed E-state index contributed by atoms with van der Waals surface area (Å²) in [4.78, 5) is 74.2. The molecule has 2 saturated carbocycles. The number of primary amides is 1. The number of rotatable bonds is 4. The Balaban J connectivity index is 1.69. The van der Waals surface area contributed by atoms with Crippen molar-refractivity contribution in [2.45, 2.75) is 24.5 Å². The van der Waals surface area contributed by atoms with Gasteiger partial charge in [0.05, 0.1) is 18.2 Å². The summed E-state index contributed by atoms with van der Waals surface area (Å²) in [6, 6.07) is 2.44. The lowest BCUT2D eigenvalue weighted by Gasteiger charge is -2.52. The summed E-state index contributed by atoms with van der Waals surface area (Å²) in [6.45, 7) is 0. The van der Waals surface area contributed by atoms with Crippen molar-refractivity contribution < 1.29 is 33.5 Å². The molecule has 37 heavy (non-hydrogen) atoms. The second-order valence-electron chi connectivity index (χ2n) is 10.5. The van der Waals surface area contributed by atoms with Crippen LogP contribution in [0.2, 0.25) is 0 Å². The summed E-state index contributed by atoms with van der Waals surface area (Å²) in [5.41, 5.74) is 4.81. The lowest BCUT2D eigenvalue weighted by molar-refractivity contribution is -0.181. The van der Waals surface area contributed by atoms with Gasteiger partial charge in [0.25, 0.3) is 0 Å². The van der Waals surface area contributed by atoms with Gasteiger partial charge in [-0.3, -0.25) is 28.9 Å². The number of anilines is 1. The molecule has 1 heterocycles. The zero-order chi connectivity index (χ0) is 27.0. The number of aliphatic hydroxyl groups is 1. The summed E-state index contributed by atoms with van der Waals surface area (Å²) >= 11 is 0. The Kier molecular flexibility index (Phi) is 5.68. The molecule has 0 saturated heterocycles. The van der Waals surface area contributed by atoms with E-state index in [1.807, 2.05) is 25.1 Å². The molecule has 1 aromatic carbocycles. The first kappa shape index (κ1) is 25.0. The van der Waals surface area contributed by atoms with Gasteiger partial charge in [-0.05, 0) is 50.6 Å². The van der Waals surface area contributed by atoms with Gasteiger partial charge < -0.3 is 20.2 Å². The van der Waals surface area contributed by atoms with Crippen molar-refractivity contribution in [3.05, 3.63) is 35.7 Å². The van der Waals surface area contributed by atoms with E-state index in [-0.39, 0.29) is 17.9 Å². The van der Waals surface area contributed by atoms with Crippen molar-refractivity contribution in [1.29, 1.82) is 0 Å². The Morgan fingerprint density at radius 1 is 1.14 bits per heavy atom. The van der Waals surface area contributed by atoms with Gasteiger partial charge in [0, 0.05) is 36.8 Å². The van der Waals surface area contributed by atoms with Crippen LogP contribution >= 0.6 is 0 Å². The predicted octanol–water partition coefficient (Wildman–Crippen LogP) is -0.118. The maximum absolute atomic E-state index is 14.1. The van der Waals surface area contributed by atoms with Crippen LogP contribution in [0.25, 0.3) is 11.5 Å². The van der Waals surface area contributed by atoms with Crippen LogP contribution in [0.1, 0.15) is 22.3 Å². The zero-order valence-electron chi connectivity index (χ0n) is 20.9. The van der Waals surface area contributed by atoms with Crippen molar-refractivity contribution >= 4 is 34.7 Å². The second-order valence-corrected chi connectivity index (χ2v) is 10.5. The van der Waals surface area contributed by atoms with Gasteiger partial charge in [-0.2, -0.15) is 0 Å². The topological polar surface area (TPSA) is 164 Å². The van der Waals surface area contributed by atoms with Gasteiger partial charge in [-0.15, -0.1) is 0 Å². The third-order valence-corrected chi connectivity index (χ3v) is 8.09. The largest absolute Gasteiger partial charge is 0.445 e. The van der Waals surface area contributed by atoms with Crippen LogP contribution in [0.3, 0.4) is 0 Å². The molecular formula is C26H28N4O7. The number of oxazole rings is 1. The molecule has 3 aliphatic carbocycles. The monoisotopic (exact) mass is 508 g/mol. The van der Waals surface area contributed by atoms with Gasteiger partial charge >= 0.3 is 0 Å². The molecule has 1 aromatic heterocycles. The number of amides is 1. The molecule has 3 N–H and O–H groups in total. The lowest BCUT2D eigenvalue weighted by atomic mass is 9.52. The number of nitrogens with two attached hydrogens (primary N) is 1. The highest BCUT2D eigenvalue weighted by molar-refractivity contribution is 6.32. The molecule has 2 fully saturated rings. The first-order chi connectivity index (χ1) is 17.4. The summed E-state index contributed by atoms with van der Waals surface area (Å²) in [6.07, 6.45) is 3.17. The number of ketones is 4. The van der Waals surface area contributed by atoms with E-state index in [0.29, 0.717) is 17.5 Å². The smallest absolute Gasteiger partial charge is 0.235 e. The first-order valence-corrected chi connectivity index (χ1v) is 12.0. The van der Waals surface area contributed by atoms with Crippen molar-refractivity contribution in [3.63, 3.8) is 0 Å². The number of benzene rings is 1.